The molecular formula is C28H24N2. The van der Waals surface area contributed by atoms with Crippen LogP contribution in [0.3, 0.4) is 0 Å². The highest BCUT2D eigenvalue weighted by molar-refractivity contribution is 6.18. The number of hydrogen-bond acceptors (Lipinski definition) is 2. The Bertz CT molecular complexity index is 1170. The predicted molar refractivity (Wildman–Crippen MR) is 126 cm³/mol. The number of nitrogens with zero attached hydrogens (tertiary/aromatic N) is 2. The molecule has 4 aromatic carbocycles. The van der Waals surface area contributed by atoms with Gasteiger partial charge in [-0.15, -0.1) is 0 Å². The van der Waals surface area contributed by atoms with Gasteiger partial charge in [-0.3, -0.25) is 0 Å². The van der Waals surface area contributed by atoms with Crippen molar-refractivity contribution in [1.82, 2.24) is 0 Å². The molecule has 1 aliphatic rings. The zero-order chi connectivity index (χ0) is 20.4. The van der Waals surface area contributed by atoms with Gasteiger partial charge in [0, 0.05) is 24.7 Å². The highest BCUT2D eigenvalue weighted by atomic mass is 15.2. The molecule has 0 aromatic heterocycles. The normalized spacial score (nSPS) is 19.1. The van der Waals surface area contributed by atoms with E-state index in [9.17, 15) is 0 Å². The van der Waals surface area contributed by atoms with E-state index in [2.05, 4.69) is 109 Å². The smallest absolute Gasteiger partial charge is 0.112 e. The monoisotopic (exact) mass is 388 g/mol. The van der Waals surface area contributed by atoms with Crippen molar-refractivity contribution in [3.05, 3.63) is 132 Å². The molecule has 1 atom stereocenters. The maximum absolute atomic E-state index is 5.25. The minimum absolute atomic E-state index is 0.387. The highest BCUT2D eigenvalue weighted by Gasteiger charge is 2.48. The number of aliphatic imine (C=N–C) groups is 1. The van der Waals surface area contributed by atoms with Gasteiger partial charge in [0.05, 0.1) is 11.4 Å². The van der Waals surface area contributed by atoms with Crippen LogP contribution in [-0.2, 0) is 12.0 Å². The fourth-order valence-electron chi connectivity index (χ4n) is 4.58. The summed E-state index contributed by atoms with van der Waals surface area (Å²) in [5.41, 5.74) is 6.65. The quantitative estimate of drug-likeness (QED) is 0.395. The fraction of sp³-hybridized carbons (Fsp3) is 0.107. The molecule has 0 N–H and O–H groups in total. The van der Waals surface area contributed by atoms with Crippen LogP contribution in [0.25, 0.3) is 0 Å². The second kappa shape index (κ2) is 7.64. The van der Waals surface area contributed by atoms with Crippen molar-refractivity contribution >= 4 is 17.1 Å². The third-order valence-corrected chi connectivity index (χ3v) is 6.04. The molecule has 5 rings (SSSR count). The van der Waals surface area contributed by atoms with Crippen LogP contribution in [0.4, 0.5) is 11.4 Å². The average molecular weight is 389 g/mol. The number of benzene rings is 4. The molecule has 4 aromatic rings. The molecule has 0 saturated heterocycles. The third kappa shape index (κ3) is 3.02. The fourth-order valence-corrected chi connectivity index (χ4v) is 4.58. The molecule has 0 radical (unpaired) electrons. The first kappa shape index (κ1) is 18.4. The predicted octanol–water partition coefficient (Wildman–Crippen LogP) is 6.40. The first-order valence-electron chi connectivity index (χ1n) is 10.4. The van der Waals surface area contributed by atoms with E-state index in [0.717, 1.165) is 17.8 Å². The van der Waals surface area contributed by atoms with Gasteiger partial charge in [-0.2, -0.15) is 0 Å². The molecule has 0 spiro atoms. The molecule has 1 heterocycles. The summed E-state index contributed by atoms with van der Waals surface area (Å²) in [7, 11) is 2.20. The van der Waals surface area contributed by atoms with Gasteiger partial charge < -0.3 is 4.90 Å². The summed E-state index contributed by atoms with van der Waals surface area (Å²) in [4.78, 5) is 7.66. The van der Waals surface area contributed by atoms with Crippen LogP contribution in [0.15, 0.2) is 120 Å². The minimum atomic E-state index is -0.387. The summed E-state index contributed by atoms with van der Waals surface area (Å²) < 4.78 is 0. The average Bonchev–Trinajstić information content (AvgIpc) is 3.05. The van der Waals surface area contributed by atoms with E-state index >= 15 is 0 Å². The van der Waals surface area contributed by atoms with Crippen molar-refractivity contribution in [2.75, 3.05) is 11.9 Å². The molecule has 2 nitrogen and oxygen atoms in total. The second-order valence-corrected chi connectivity index (χ2v) is 7.76. The molecule has 1 aliphatic heterocycles. The molecule has 0 aliphatic carbocycles. The maximum Gasteiger partial charge on any atom is 0.112 e. The van der Waals surface area contributed by atoms with Crippen molar-refractivity contribution in [2.45, 2.75) is 12.0 Å². The van der Waals surface area contributed by atoms with Crippen LogP contribution >= 0.6 is 0 Å². The van der Waals surface area contributed by atoms with Gasteiger partial charge in [0.1, 0.15) is 5.54 Å². The summed E-state index contributed by atoms with van der Waals surface area (Å²) in [6, 6.07) is 40.4. The number of para-hydroxylation sites is 2. The number of fused-ring (bicyclic) bond motifs is 1. The van der Waals surface area contributed by atoms with Gasteiger partial charge >= 0.3 is 0 Å². The van der Waals surface area contributed by atoms with Crippen LogP contribution in [-0.4, -0.2) is 12.8 Å². The third-order valence-electron chi connectivity index (χ3n) is 6.04. The van der Waals surface area contributed by atoms with Gasteiger partial charge in [-0.05, 0) is 29.3 Å². The molecule has 0 saturated carbocycles. The first-order valence-corrected chi connectivity index (χ1v) is 10.4. The summed E-state index contributed by atoms with van der Waals surface area (Å²) >= 11 is 0. The van der Waals surface area contributed by atoms with E-state index < -0.39 is 0 Å². The lowest BCUT2D eigenvalue weighted by atomic mass is 9.79. The number of rotatable bonds is 4. The molecule has 1 unspecified atom stereocenters. The van der Waals surface area contributed by atoms with Crippen LogP contribution in [0.1, 0.15) is 16.7 Å². The van der Waals surface area contributed by atoms with E-state index in [0.29, 0.717) is 0 Å². The zero-order valence-corrected chi connectivity index (χ0v) is 17.1. The summed E-state index contributed by atoms with van der Waals surface area (Å²) in [6.07, 6.45) is 0.842. The molecule has 0 amide bonds. The molecule has 2 heteroatoms. The lowest BCUT2D eigenvalue weighted by molar-refractivity contribution is 0.573. The van der Waals surface area contributed by atoms with Gasteiger partial charge in [0.2, 0.25) is 0 Å². The van der Waals surface area contributed by atoms with Crippen molar-refractivity contribution in [2.24, 2.45) is 4.99 Å². The minimum Gasteiger partial charge on any atom is -0.358 e. The lowest BCUT2D eigenvalue weighted by Gasteiger charge is -2.39. The zero-order valence-electron chi connectivity index (χ0n) is 17.1. The van der Waals surface area contributed by atoms with E-state index in [1.54, 1.807) is 0 Å². The topological polar surface area (TPSA) is 15.6 Å². The largest absolute Gasteiger partial charge is 0.358 e. The molecular weight excluding hydrogens is 364 g/mol. The van der Waals surface area contributed by atoms with E-state index in [1.165, 1.54) is 22.4 Å². The Balaban J connectivity index is 1.80. The lowest BCUT2D eigenvalue weighted by Crippen LogP contribution is -2.48. The van der Waals surface area contributed by atoms with Crippen LogP contribution in [0.5, 0.6) is 0 Å². The molecule has 30 heavy (non-hydrogen) atoms. The Kier molecular flexibility index (Phi) is 4.68. The van der Waals surface area contributed by atoms with Crippen LogP contribution in [0.2, 0.25) is 0 Å². The second-order valence-electron chi connectivity index (χ2n) is 7.76. The Morgan fingerprint density at radius 1 is 0.667 bits per heavy atom. The van der Waals surface area contributed by atoms with Crippen LogP contribution < -0.4 is 4.90 Å². The van der Waals surface area contributed by atoms with Crippen LogP contribution in [0, 0.1) is 0 Å². The summed E-state index contributed by atoms with van der Waals surface area (Å²) in [6.45, 7) is 0. The van der Waals surface area contributed by atoms with E-state index in [1.807, 2.05) is 18.2 Å². The molecule has 0 fully saturated rings. The van der Waals surface area contributed by atoms with Gasteiger partial charge in [-0.1, -0.05) is 97.1 Å². The van der Waals surface area contributed by atoms with E-state index in [-0.39, 0.29) is 5.54 Å². The maximum atomic E-state index is 5.25. The van der Waals surface area contributed by atoms with Gasteiger partial charge in [0.25, 0.3) is 0 Å². The SMILES string of the molecule is CN1c2ccccc2C(=Nc2ccccc2)C1(Cc1ccccc1)c1ccccc1. The molecule has 0 bridgehead atoms. The number of anilines is 1. The van der Waals surface area contributed by atoms with Crippen molar-refractivity contribution < 1.29 is 0 Å². The van der Waals surface area contributed by atoms with Gasteiger partial charge in [0.15, 0.2) is 0 Å². The number of likely N-dealkylation sites (N-methyl/N-ethyl adjacent to an activating group) is 1. The highest BCUT2D eigenvalue weighted by Crippen LogP contribution is 2.47. The molecule has 146 valence electrons. The Morgan fingerprint density at radius 2 is 1.23 bits per heavy atom. The Labute approximate surface area is 178 Å². The van der Waals surface area contributed by atoms with Crippen molar-refractivity contribution in [3.63, 3.8) is 0 Å². The van der Waals surface area contributed by atoms with Crippen molar-refractivity contribution in [3.8, 4) is 0 Å². The standard InChI is InChI=1S/C28H24N2/c1-30-26-20-12-11-19-25(26)27(29-24-17-9-4-10-18-24)28(30,23-15-7-3-8-16-23)21-22-13-5-2-6-14-22/h2-20H,21H2,1H3. The van der Waals surface area contributed by atoms with Crippen molar-refractivity contribution in [1.29, 1.82) is 0 Å². The summed E-state index contributed by atoms with van der Waals surface area (Å²) in [5.74, 6) is 0. The van der Waals surface area contributed by atoms with E-state index in [4.69, 9.17) is 4.99 Å². The summed E-state index contributed by atoms with van der Waals surface area (Å²) in [5, 5.41) is 0. The first-order chi connectivity index (χ1) is 14.8. The Morgan fingerprint density at radius 3 is 1.93 bits per heavy atom. The number of hydrogen-bond donors (Lipinski definition) is 0. The Hall–Kier alpha value is -3.65. The van der Waals surface area contributed by atoms with Gasteiger partial charge in [-0.25, -0.2) is 4.99 Å².